The van der Waals surface area contributed by atoms with Gasteiger partial charge in [0.1, 0.15) is 11.9 Å². The van der Waals surface area contributed by atoms with Crippen LogP contribution in [0.25, 0.3) is 0 Å². The topological polar surface area (TPSA) is 60.7 Å². The van der Waals surface area contributed by atoms with Gasteiger partial charge in [0, 0.05) is 6.61 Å². The van der Waals surface area contributed by atoms with Gasteiger partial charge in [-0.3, -0.25) is 0 Å². The minimum atomic E-state index is -1.31. The molecular weight excluding hydrogens is 258 g/mol. The highest BCUT2D eigenvalue weighted by Crippen LogP contribution is 2.30. The van der Waals surface area contributed by atoms with Gasteiger partial charge in [0.15, 0.2) is 0 Å². The maximum Gasteiger partial charge on any atom is 0.143 e. The largest absolute Gasteiger partial charge is 0.396 e. The molecular formula is C10H11Cl2FO3. The van der Waals surface area contributed by atoms with E-state index in [1.807, 2.05) is 0 Å². The average Bonchev–Trinajstić information content (AvgIpc) is 2.24. The summed E-state index contributed by atoms with van der Waals surface area (Å²) in [6.07, 6.45) is -2.50. The number of hydrogen-bond acceptors (Lipinski definition) is 3. The van der Waals surface area contributed by atoms with Crippen molar-refractivity contribution in [3.63, 3.8) is 0 Å². The van der Waals surface area contributed by atoms with Gasteiger partial charge in [-0.2, -0.15) is 0 Å². The van der Waals surface area contributed by atoms with E-state index in [4.69, 9.17) is 28.3 Å². The zero-order valence-electron chi connectivity index (χ0n) is 8.20. The molecule has 0 spiro atoms. The van der Waals surface area contributed by atoms with E-state index < -0.39 is 18.0 Å². The fraction of sp³-hybridized carbons (Fsp3) is 0.400. The van der Waals surface area contributed by atoms with Crippen LogP contribution in [-0.4, -0.2) is 28.0 Å². The highest BCUT2D eigenvalue weighted by atomic mass is 35.5. The van der Waals surface area contributed by atoms with E-state index in [0.29, 0.717) is 0 Å². The average molecular weight is 269 g/mol. The Balaban J connectivity index is 2.96. The molecule has 0 aliphatic rings. The fourth-order valence-electron chi connectivity index (χ4n) is 1.26. The second-order valence-electron chi connectivity index (χ2n) is 3.32. The first kappa shape index (κ1) is 13.7. The lowest BCUT2D eigenvalue weighted by Crippen LogP contribution is -2.19. The minimum Gasteiger partial charge on any atom is -0.396 e. The molecule has 0 amide bonds. The Morgan fingerprint density at radius 2 is 1.88 bits per heavy atom. The van der Waals surface area contributed by atoms with Crippen molar-refractivity contribution in [2.75, 3.05) is 6.61 Å². The number of halogens is 3. The van der Waals surface area contributed by atoms with Gasteiger partial charge in [0.25, 0.3) is 0 Å². The molecule has 0 fully saturated rings. The van der Waals surface area contributed by atoms with Crippen molar-refractivity contribution in [2.45, 2.75) is 18.6 Å². The normalized spacial score (nSPS) is 14.9. The predicted octanol–water partition coefficient (Wildman–Crippen LogP) is 1.91. The maximum atomic E-state index is 13.2. The van der Waals surface area contributed by atoms with E-state index in [9.17, 15) is 14.6 Å². The Bertz CT molecular complexity index is 350. The first-order chi connectivity index (χ1) is 7.47. The van der Waals surface area contributed by atoms with Gasteiger partial charge < -0.3 is 15.3 Å². The highest BCUT2D eigenvalue weighted by molar-refractivity contribution is 6.42. The van der Waals surface area contributed by atoms with E-state index in [2.05, 4.69) is 0 Å². The third-order valence-electron chi connectivity index (χ3n) is 2.14. The van der Waals surface area contributed by atoms with E-state index in [0.717, 1.165) is 6.07 Å². The number of aliphatic hydroxyl groups is 3. The molecule has 0 aliphatic heterocycles. The van der Waals surface area contributed by atoms with Gasteiger partial charge in [-0.25, -0.2) is 4.39 Å². The summed E-state index contributed by atoms with van der Waals surface area (Å²) in [7, 11) is 0. The Morgan fingerprint density at radius 1 is 1.25 bits per heavy atom. The van der Waals surface area contributed by atoms with Crippen LogP contribution in [0.1, 0.15) is 18.1 Å². The van der Waals surface area contributed by atoms with Crippen LogP contribution in [-0.2, 0) is 0 Å². The summed E-state index contributed by atoms with van der Waals surface area (Å²) in [6, 6.07) is 2.28. The first-order valence-corrected chi connectivity index (χ1v) is 5.34. The molecule has 0 radical (unpaired) electrons. The van der Waals surface area contributed by atoms with Crippen molar-refractivity contribution in [2.24, 2.45) is 0 Å². The molecule has 3 N–H and O–H groups in total. The van der Waals surface area contributed by atoms with Crippen molar-refractivity contribution in [1.29, 1.82) is 0 Å². The number of hydrogen-bond donors (Lipinski definition) is 3. The molecule has 1 aromatic carbocycles. The lowest BCUT2D eigenvalue weighted by Gasteiger charge is -2.17. The summed E-state index contributed by atoms with van der Waals surface area (Å²) in [5.74, 6) is -0.764. The molecule has 2 atom stereocenters. The van der Waals surface area contributed by atoms with Crippen LogP contribution < -0.4 is 0 Å². The molecule has 1 aromatic rings. The van der Waals surface area contributed by atoms with Gasteiger partial charge >= 0.3 is 0 Å². The van der Waals surface area contributed by atoms with E-state index in [1.165, 1.54) is 6.07 Å². The fourth-order valence-corrected chi connectivity index (χ4v) is 1.58. The predicted molar refractivity (Wildman–Crippen MR) is 59.1 cm³/mol. The van der Waals surface area contributed by atoms with E-state index in [-0.39, 0.29) is 28.6 Å². The van der Waals surface area contributed by atoms with Crippen LogP contribution in [0.5, 0.6) is 0 Å². The molecule has 0 aromatic heterocycles. The summed E-state index contributed by atoms with van der Waals surface area (Å²) >= 11 is 11.1. The molecule has 90 valence electrons. The van der Waals surface area contributed by atoms with Crippen LogP contribution in [0.2, 0.25) is 10.0 Å². The van der Waals surface area contributed by atoms with E-state index >= 15 is 0 Å². The zero-order chi connectivity index (χ0) is 12.3. The maximum absolute atomic E-state index is 13.2. The number of rotatable bonds is 4. The Labute approximate surface area is 102 Å². The van der Waals surface area contributed by atoms with E-state index in [1.54, 1.807) is 0 Å². The van der Waals surface area contributed by atoms with Crippen molar-refractivity contribution >= 4 is 23.2 Å². The van der Waals surface area contributed by atoms with Crippen LogP contribution in [0.4, 0.5) is 4.39 Å². The second-order valence-corrected chi connectivity index (χ2v) is 4.11. The number of benzene rings is 1. The molecule has 1 rings (SSSR count). The summed E-state index contributed by atoms with van der Waals surface area (Å²) in [4.78, 5) is 0. The second kappa shape index (κ2) is 5.80. The molecule has 16 heavy (non-hydrogen) atoms. The smallest absolute Gasteiger partial charge is 0.143 e. The van der Waals surface area contributed by atoms with Crippen LogP contribution in [0.3, 0.4) is 0 Å². The quantitative estimate of drug-likeness (QED) is 0.732. The molecule has 3 nitrogen and oxygen atoms in total. The molecule has 2 unspecified atom stereocenters. The van der Waals surface area contributed by atoms with Gasteiger partial charge in [0.05, 0.1) is 16.1 Å². The first-order valence-electron chi connectivity index (χ1n) is 4.58. The summed E-state index contributed by atoms with van der Waals surface area (Å²) in [6.45, 7) is -0.276. The Morgan fingerprint density at radius 3 is 2.38 bits per heavy atom. The SMILES string of the molecule is OCCC(O)C(O)c1cc(F)c(Cl)c(Cl)c1. The van der Waals surface area contributed by atoms with Crippen LogP contribution in [0.15, 0.2) is 12.1 Å². The zero-order valence-corrected chi connectivity index (χ0v) is 9.71. The molecule has 0 bridgehead atoms. The summed E-state index contributed by atoms with van der Waals surface area (Å²) < 4.78 is 13.2. The molecule has 0 saturated carbocycles. The van der Waals surface area contributed by atoms with Gasteiger partial charge in [0.2, 0.25) is 0 Å². The third-order valence-corrected chi connectivity index (χ3v) is 2.92. The van der Waals surface area contributed by atoms with Gasteiger partial charge in [-0.05, 0) is 24.1 Å². The van der Waals surface area contributed by atoms with Gasteiger partial charge in [-0.1, -0.05) is 23.2 Å². The number of aliphatic hydroxyl groups excluding tert-OH is 3. The molecule has 0 saturated heterocycles. The summed E-state index contributed by atoms with van der Waals surface area (Å²) in [5.41, 5.74) is 0.118. The van der Waals surface area contributed by atoms with Crippen molar-refractivity contribution in [3.8, 4) is 0 Å². The van der Waals surface area contributed by atoms with Crippen molar-refractivity contribution < 1.29 is 19.7 Å². The van der Waals surface area contributed by atoms with Crippen molar-refractivity contribution in [3.05, 3.63) is 33.6 Å². The summed E-state index contributed by atoms with van der Waals surface area (Å²) in [5, 5.41) is 27.4. The molecule has 0 heterocycles. The minimum absolute atomic E-state index is 0.0109. The monoisotopic (exact) mass is 268 g/mol. The molecule has 0 aliphatic carbocycles. The lowest BCUT2D eigenvalue weighted by molar-refractivity contribution is 0.00409. The highest BCUT2D eigenvalue weighted by Gasteiger charge is 2.20. The lowest BCUT2D eigenvalue weighted by atomic mass is 10.0. The standard InChI is InChI=1S/C10H11Cl2FO3/c11-6-3-5(4-7(13)9(6)12)10(16)8(15)1-2-14/h3-4,8,10,14-16H,1-2H2. The third kappa shape index (κ3) is 3.06. The Kier molecular flexibility index (Phi) is 4.95. The molecule has 6 heteroatoms. The van der Waals surface area contributed by atoms with Gasteiger partial charge in [-0.15, -0.1) is 0 Å². The Hall–Kier alpha value is -0.390. The van der Waals surface area contributed by atoms with Crippen LogP contribution >= 0.6 is 23.2 Å². The van der Waals surface area contributed by atoms with Crippen LogP contribution in [0, 0.1) is 5.82 Å². The van der Waals surface area contributed by atoms with Crippen molar-refractivity contribution in [1.82, 2.24) is 0 Å².